The molecule has 0 aromatic heterocycles. The lowest BCUT2D eigenvalue weighted by Gasteiger charge is -2.29. The molecule has 29 heavy (non-hydrogen) atoms. The number of hydrogen-bond donors (Lipinski definition) is 2. The highest BCUT2D eigenvalue weighted by Gasteiger charge is 2.30. The van der Waals surface area contributed by atoms with Gasteiger partial charge < -0.3 is 10.8 Å². The van der Waals surface area contributed by atoms with Gasteiger partial charge in [0.1, 0.15) is 5.60 Å². The average Bonchev–Trinajstić information content (AvgIpc) is 2.80. The van der Waals surface area contributed by atoms with E-state index in [-0.39, 0.29) is 0 Å². The van der Waals surface area contributed by atoms with E-state index in [9.17, 15) is 5.11 Å². The van der Waals surface area contributed by atoms with Gasteiger partial charge in [-0.2, -0.15) is 0 Å². The van der Waals surface area contributed by atoms with Crippen LogP contribution in [0.25, 0.3) is 22.3 Å². The molecule has 0 saturated heterocycles. The summed E-state index contributed by atoms with van der Waals surface area (Å²) < 4.78 is 0. The molecule has 144 valence electrons. The Bertz CT molecular complexity index is 956. The van der Waals surface area contributed by atoms with Gasteiger partial charge in [0.05, 0.1) is 0 Å². The van der Waals surface area contributed by atoms with E-state index in [2.05, 4.69) is 48.5 Å². The summed E-state index contributed by atoms with van der Waals surface area (Å²) in [6, 6.07) is 36.7. The fraction of sp³-hybridized carbons (Fsp3) is 0.111. The Balaban J connectivity index is 1.67. The second-order valence-electron chi connectivity index (χ2n) is 7.29. The van der Waals surface area contributed by atoms with Crippen LogP contribution in [0.1, 0.15) is 17.5 Å². The van der Waals surface area contributed by atoms with E-state index in [1.165, 1.54) is 0 Å². The van der Waals surface area contributed by atoms with Crippen molar-refractivity contribution < 1.29 is 5.11 Å². The molecule has 0 spiro atoms. The molecule has 0 atom stereocenters. The standard InChI is InChI=1S/C27H25NO/c28-20-19-27(29,25-15-11-23(12-16-25)21-7-3-1-4-8-21)26-17-13-24(14-18-26)22-9-5-2-6-10-22/h1-18,29H,19-20,28H2. The summed E-state index contributed by atoms with van der Waals surface area (Å²) in [6.07, 6.45) is 0.461. The van der Waals surface area contributed by atoms with Crippen LogP contribution >= 0.6 is 0 Å². The number of rotatable bonds is 6. The first-order valence-electron chi connectivity index (χ1n) is 9.95. The molecule has 0 bridgehead atoms. The maximum atomic E-state index is 11.6. The zero-order valence-corrected chi connectivity index (χ0v) is 16.3. The van der Waals surface area contributed by atoms with Gasteiger partial charge in [-0.1, -0.05) is 109 Å². The van der Waals surface area contributed by atoms with E-state index in [4.69, 9.17) is 5.73 Å². The molecule has 0 aliphatic rings. The Kier molecular flexibility index (Phi) is 5.57. The third-order valence-electron chi connectivity index (χ3n) is 5.45. The minimum Gasteiger partial charge on any atom is -0.380 e. The van der Waals surface area contributed by atoms with Crippen molar-refractivity contribution in [1.29, 1.82) is 0 Å². The number of aliphatic hydroxyl groups is 1. The highest BCUT2D eigenvalue weighted by atomic mass is 16.3. The molecule has 4 aromatic carbocycles. The normalized spacial score (nSPS) is 11.4. The van der Waals surface area contributed by atoms with Crippen LogP contribution in [0.4, 0.5) is 0 Å². The second-order valence-corrected chi connectivity index (χ2v) is 7.29. The Morgan fingerprint density at radius 3 is 1.21 bits per heavy atom. The summed E-state index contributed by atoms with van der Waals surface area (Å²) in [5, 5.41) is 11.6. The first-order chi connectivity index (χ1) is 14.2. The SMILES string of the molecule is NCCC(O)(c1ccc(-c2ccccc2)cc1)c1ccc(-c2ccccc2)cc1. The quantitative estimate of drug-likeness (QED) is 0.458. The van der Waals surface area contributed by atoms with E-state index in [0.29, 0.717) is 13.0 Å². The van der Waals surface area contributed by atoms with Gasteiger partial charge in [0.15, 0.2) is 0 Å². The molecular formula is C27H25NO. The molecule has 3 N–H and O–H groups in total. The van der Waals surface area contributed by atoms with Gasteiger partial charge in [-0.15, -0.1) is 0 Å². The molecule has 0 aliphatic heterocycles. The predicted molar refractivity (Wildman–Crippen MR) is 120 cm³/mol. The number of hydrogen-bond acceptors (Lipinski definition) is 2. The second kappa shape index (κ2) is 8.44. The van der Waals surface area contributed by atoms with Crippen LogP contribution in [-0.2, 0) is 5.60 Å². The molecular weight excluding hydrogens is 354 g/mol. The van der Waals surface area contributed by atoms with Crippen LogP contribution in [0.15, 0.2) is 109 Å². The minimum absolute atomic E-state index is 0.400. The smallest absolute Gasteiger partial charge is 0.116 e. The average molecular weight is 380 g/mol. The van der Waals surface area contributed by atoms with Crippen LogP contribution in [0.5, 0.6) is 0 Å². The maximum absolute atomic E-state index is 11.6. The van der Waals surface area contributed by atoms with Crippen molar-refractivity contribution in [2.45, 2.75) is 12.0 Å². The van der Waals surface area contributed by atoms with E-state index >= 15 is 0 Å². The van der Waals surface area contributed by atoms with E-state index in [1.54, 1.807) is 0 Å². The molecule has 4 rings (SSSR count). The van der Waals surface area contributed by atoms with Crippen LogP contribution in [0, 0.1) is 0 Å². The van der Waals surface area contributed by atoms with Crippen molar-refractivity contribution in [2.24, 2.45) is 5.73 Å². The van der Waals surface area contributed by atoms with E-state index < -0.39 is 5.60 Å². The van der Waals surface area contributed by atoms with Gasteiger partial charge in [0.2, 0.25) is 0 Å². The maximum Gasteiger partial charge on any atom is 0.116 e. The monoisotopic (exact) mass is 379 g/mol. The summed E-state index contributed by atoms with van der Waals surface area (Å²) >= 11 is 0. The highest BCUT2D eigenvalue weighted by Crippen LogP contribution is 2.35. The van der Waals surface area contributed by atoms with Crippen molar-refractivity contribution in [1.82, 2.24) is 0 Å². The van der Waals surface area contributed by atoms with Crippen LogP contribution < -0.4 is 5.73 Å². The molecule has 0 heterocycles. The van der Waals surface area contributed by atoms with Crippen LogP contribution in [0.3, 0.4) is 0 Å². The van der Waals surface area contributed by atoms with E-state index in [1.807, 2.05) is 60.7 Å². The molecule has 0 radical (unpaired) electrons. The van der Waals surface area contributed by atoms with Gasteiger partial charge in [0.25, 0.3) is 0 Å². The Hall–Kier alpha value is -3.20. The van der Waals surface area contributed by atoms with Gasteiger partial charge in [-0.05, 0) is 46.3 Å². The zero-order chi connectivity index (χ0) is 20.1. The molecule has 0 unspecified atom stereocenters. The first kappa shape index (κ1) is 19.1. The van der Waals surface area contributed by atoms with Gasteiger partial charge >= 0.3 is 0 Å². The minimum atomic E-state index is -1.11. The molecule has 0 saturated carbocycles. The van der Waals surface area contributed by atoms with Crippen LogP contribution in [0.2, 0.25) is 0 Å². The van der Waals surface area contributed by atoms with Crippen molar-refractivity contribution >= 4 is 0 Å². The Morgan fingerprint density at radius 2 is 0.862 bits per heavy atom. The third-order valence-corrected chi connectivity index (χ3v) is 5.45. The fourth-order valence-corrected chi connectivity index (χ4v) is 3.80. The van der Waals surface area contributed by atoms with Crippen molar-refractivity contribution in [3.63, 3.8) is 0 Å². The van der Waals surface area contributed by atoms with Crippen molar-refractivity contribution in [3.05, 3.63) is 120 Å². The zero-order valence-electron chi connectivity index (χ0n) is 16.3. The summed E-state index contributed by atoms with van der Waals surface area (Å²) in [5.74, 6) is 0. The summed E-state index contributed by atoms with van der Waals surface area (Å²) in [4.78, 5) is 0. The number of benzene rings is 4. The lowest BCUT2D eigenvalue weighted by molar-refractivity contribution is 0.0737. The van der Waals surface area contributed by atoms with Gasteiger partial charge in [0, 0.05) is 0 Å². The summed E-state index contributed by atoms with van der Waals surface area (Å²) in [7, 11) is 0. The summed E-state index contributed by atoms with van der Waals surface area (Å²) in [6.45, 7) is 0.400. The largest absolute Gasteiger partial charge is 0.380 e. The van der Waals surface area contributed by atoms with Gasteiger partial charge in [-0.25, -0.2) is 0 Å². The molecule has 4 aromatic rings. The lowest BCUT2D eigenvalue weighted by Crippen LogP contribution is -2.30. The Morgan fingerprint density at radius 1 is 0.517 bits per heavy atom. The lowest BCUT2D eigenvalue weighted by atomic mass is 9.82. The van der Waals surface area contributed by atoms with E-state index in [0.717, 1.165) is 33.4 Å². The Labute approximate surface area is 172 Å². The van der Waals surface area contributed by atoms with Gasteiger partial charge in [-0.3, -0.25) is 0 Å². The molecule has 0 aliphatic carbocycles. The van der Waals surface area contributed by atoms with Crippen molar-refractivity contribution in [2.75, 3.05) is 6.54 Å². The summed E-state index contributed by atoms with van der Waals surface area (Å²) in [5.41, 5.74) is 11.1. The fourth-order valence-electron chi connectivity index (χ4n) is 3.80. The molecule has 2 nitrogen and oxygen atoms in total. The number of nitrogens with two attached hydrogens (primary N) is 1. The predicted octanol–water partition coefficient (Wildman–Crippen LogP) is 5.61. The molecule has 2 heteroatoms. The third kappa shape index (κ3) is 4.00. The highest BCUT2D eigenvalue weighted by molar-refractivity contribution is 5.65. The molecule has 0 amide bonds. The first-order valence-corrected chi connectivity index (χ1v) is 9.95. The van der Waals surface area contributed by atoms with Crippen molar-refractivity contribution in [3.8, 4) is 22.3 Å². The van der Waals surface area contributed by atoms with Crippen LogP contribution in [-0.4, -0.2) is 11.7 Å². The molecule has 0 fully saturated rings. The topological polar surface area (TPSA) is 46.2 Å².